The van der Waals surface area contributed by atoms with Crippen molar-refractivity contribution in [2.24, 2.45) is 7.05 Å². The fourth-order valence-corrected chi connectivity index (χ4v) is 4.81. The van der Waals surface area contributed by atoms with Crippen LogP contribution in [0.3, 0.4) is 0 Å². The van der Waals surface area contributed by atoms with Crippen molar-refractivity contribution in [1.82, 2.24) is 19.7 Å². The monoisotopic (exact) mass is 493 g/mol. The Labute approximate surface area is 207 Å². The van der Waals surface area contributed by atoms with Crippen molar-refractivity contribution in [2.45, 2.75) is 38.5 Å². The molecule has 1 N–H and O–H groups in total. The molecule has 4 rings (SSSR count). The lowest BCUT2D eigenvalue weighted by Crippen LogP contribution is -2.14. The minimum absolute atomic E-state index is 0.138. The van der Waals surface area contributed by atoms with Crippen LogP contribution in [0.25, 0.3) is 11.3 Å². The molecule has 2 aromatic carbocycles. The summed E-state index contributed by atoms with van der Waals surface area (Å²) < 4.78 is 7.94. The Hall–Kier alpha value is -3.17. The van der Waals surface area contributed by atoms with E-state index in [1.807, 2.05) is 60.3 Å². The third-order valence-electron chi connectivity index (χ3n) is 5.23. The second-order valence-corrected chi connectivity index (χ2v) is 9.98. The first-order valence-corrected chi connectivity index (χ1v) is 12.8. The highest BCUT2D eigenvalue weighted by Crippen LogP contribution is 2.28. The molecule has 2 aromatic heterocycles. The molecule has 4 aromatic rings. The van der Waals surface area contributed by atoms with Crippen LogP contribution in [0, 0.1) is 6.92 Å². The van der Waals surface area contributed by atoms with Gasteiger partial charge in [-0.1, -0.05) is 68.1 Å². The Morgan fingerprint density at radius 2 is 1.97 bits per heavy atom. The van der Waals surface area contributed by atoms with Gasteiger partial charge < -0.3 is 14.6 Å². The summed E-state index contributed by atoms with van der Waals surface area (Å²) in [5.41, 5.74) is 4.18. The third kappa shape index (κ3) is 5.84. The molecule has 7 nitrogen and oxygen atoms in total. The normalized spacial score (nSPS) is 11.1. The number of carbonyl (C=O) groups excluding carboxylic acids is 1. The smallest absolute Gasteiger partial charge is 0.236 e. The van der Waals surface area contributed by atoms with E-state index in [0.717, 1.165) is 28.1 Å². The van der Waals surface area contributed by atoms with Gasteiger partial charge in [0.05, 0.1) is 11.4 Å². The van der Waals surface area contributed by atoms with Crippen LogP contribution in [-0.2, 0) is 18.4 Å². The first-order chi connectivity index (χ1) is 16.4. The number of amides is 1. The number of nitrogens with one attached hydrogen (secondary N) is 1. The number of hydrogen-bond donors (Lipinski definition) is 1. The van der Waals surface area contributed by atoms with Gasteiger partial charge in [-0.15, -0.1) is 21.5 Å². The molecule has 0 aliphatic heterocycles. The first kappa shape index (κ1) is 24.0. The first-order valence-electron chi connectivity index (χ1n) is 11.0. The number of ether oxygens (including phenoxy) is 1. The van der Waals surface area contributed by atoms with Gasteiger partial charge in [-0.3, -0.25) is 4.79 Å². The quantitative estimate of drug-likeness (QED) is 0.302. The lowest BCUT2D eigenvalue weighted by Gasteiger charge is -2.14. The van der Waals surface area contributed by atoms with Crippen molar-refractivity contribution in [3.05, 3.63) is 70.9 Å². The number of benzene rings is 2. The number of aryl methyl sites for hydroxylation is 1. The van der Waals surface area contributed by atoms with E-state index in [0.29, 0.717) is 28.6 Å². The van der Waals surface area contributed by atoms with Crippen LogP contribution in [0.2, 0.25) is 0 Å². The highest BCUT2D eigenvalue weighted by Gasteiger charge is 2.15. The van der Waals surface area contributed by atoms with Crippen LogP contribution >= 0.6 is 23.1 Å². The van der Waals surface area contributed by atoms with Crippen LogP contribution in [-0.4, -0.2) is 31.4 Å². The Bertz CT molecular complexity index is 1270. The number of carbonyl (C=O) groups is 1. The molecule has 34 heavy (non-hydrogen) atoms. The maximum atomic E-state index is 12.4. The van der Waals surface area contributed by atoms with Crippen molar-refractivity contribution < 1.29 is 9.53 Å². The maximum absolute atomic E-state index is 12.4. The van der Waals surface area contributed by atoms with E-state index < -0.39 is 0 Å². The molecule has 9 heteroatoms. The zero-order valence-corrected chi connectivity index (χ0v) is 21.2. The molecule has 0 saturated heterocycles. The molecule has 0 radical (unpaired) electrons. The van der Waals surface area contributed by atoms with Gasteiger partial charge in [0.15, 0.2) is 16.1 Å². The van der Waals surface area contributed by atoms with Crippen molar-refractivity contribution in [3.63, 3.8) is 0 Å². The van der Waals surface area contributed by atoms with Crippen molar-refractivity contribution in [3.8, 4) is 17.0 Å². The highest BCUT2D eigenvalue weighted by molar-refractivity contribution is 7.99. The van der Waals surface area contributed by atoms with Gasteiger partial charge in [0.1, 0.15) is 12.4 Å². The number of nitrogens with zero attached hydrogens (tertiary/aromatic N) is 4. The average Bonchev–Trinajstić information content (AvgIpc) is 3.43. The van der Waals surface area contributed by atoms with E-state index in [9.17, 15) is 4.79 Å². The van der Waals surface area contributed by atoms with Crippen LogP contribution in [0.1, 0.15) is 36.7 Å². The maximum Gasteiger partial charge on any atom is 0.236 e. The van der Waals surface area contributed by atoms with Gasteiger partial charge in [-0.05, 0) is 30.0 Å². The van der Waals surface area contributed by atoms with E-state index in [1.54, 1.807) is 0 Å². The summed E-state index contributed by atoms with van der Waals surface area (Å²) >= 11 is 2.74. The zero-order valence-electron chi connectivity index (χ0n) is 19.6. The topological polar surface area (TPSA) is 81.9 Å². The molecule has 1 amide bonds. The fraction of sp³-hybridized carbons (Fsp3) is 0.280. The molecular formula is C25H27N5O2S2. The highest BCUT2D eigenvalue weighted by atomic mass is 32.2. The standard InChI is InChI=1S/C25H27N5O2S2/c1-16(2)19-11-10-17(3)12-21(19)32-13-22-28-29-25(30(22)4)34-15-23(31)27-24-26-20(14-33-24)18-8-6-5-7-9-18/h5-12,14,16H,13,15H2,1-4H3,(H,26,27,31). The second-order valence-electron chi connectivity index (χ2n) is 8.18. The molecule has 0 spiro atoms. The zero-order chi connectivity index (χ0) is 24.1. The van der Waals surface area contributed by atoms with E-state index in [-0.39, 0.29) is 11.7 Å². The molecule has 2 heterocycles. The summed E-state index contributed by atoms with van der Waals surface area (Å²) in [6.45, 7) is 6.65. The van der Waals surface area contributed by atoms with Gasteiger partial charge in [0.25, 0.3) is 0 Å². The summed E-state index contributed by atoms with van der Waals surface area (Å²) in [7, 11) is 1.88. The largest absolute Gasteiger partial charge is 0.485 e. The average molecular weight is 494 g/mol. The molecule has 0 bridgehead atoms. The molecule has 0 fully saturated rings. The molecule has 0 aliphatic carbocycles. The number of hydrogen-bond acceptors (Lipinski definition) is 7. The summed E-state index contributed by atoms with van der Waals surface area (Å²) in [5.74, 6) is 2.00. The van der Waals surface area contributed by atoms with E-state index in [2.05, 4.69) is 46.5 Å². The summed E-state index contributed by atoms with van der Waals surface area (Å²) in [4.78, 5) is 16.9. The van der Waals surface area contributed by atoms with Gasteiger partial charge in [-0.25, -0.2) is 4.98 Å². The number of anilines is 1. The molecular weight excluding hydrogens is 466 g/mol. The molecule has 0 saturated carbocycles. The summed E-state index contributed by atoms with van der Waals surface area (Å²) in [6, 6.07) is 16.1. The van der Waals surface area contributed by atoms with Crippen LogP contribution in [0.4, 0.5) is 5.13 Å². The predicted octanol–water partition coefficient (Wildman–Crippen LogP) is 5.68. The van der Waals surface area contributed by atoms with Gasteiger partial charge in [-0.2, -0.15) is 0 Å². The van der Waals surface area contributed by atoms with E-state index in [1.165, 1.54) is 23.1 Å². The van der Waals surface area contributed by atoms with Crippen LogP contribution in [0.5, 0.6) is 5.75 Å². The predicted molar refractivity (Wildman–Crippen MR) is 138 cm³/mol. The van der Waals surface area contributed by atoms with Gasteiger partial charge in [0, 0.05) is 18.0 Å². The second kappa shape index (κ2) is 10.8. The lowest BCUT2D eigenvalue weighted by atomic mass is 10.0. The van der Waals surface area contributed by atoms with Gasteiger partial charge in [0.2, 0.25) is 5.91 Å². The van der Waals surface area contributed by atoms with Crippen LogP contribution < -0.4 is 10.1 Å². The molecule has 0 atom stereocenters. The number of aromatic nitrogens is 4. The Morgan fingerprint density at radius 3 is 2.74 bits per heavy atom. The van der Waals surface area contributed by atoms with Crippen molar-refractivity contribution in [2.75, 3.05) is 11.1 Å². The third-order valence-corrected chi connectivity index (χ3v) is 7.00. The summed E-state index contributed by atoms with van der Waals surface area (Å²) in [6.07, 6.45) is 0. The number of rotatable bonds is 9. The molecule has 0 aliphatic rings. The molecule has 0 unspecified atom stereocenters. The minimum Gasteiger partial charge on any atom is -0.485 e. The van der Waals surface area contributed by atoms with Crippen molar-refractivity contribution in [1.29, 1.82) is 0 Å². The fourth-order valence-electron chi connectivity index (χ4n) is 3.34. The Kier molecular flexibility index (Phi) is 7.64. The Morgan fingerprint density at radius 1 is 1.18 bits per heavy atom. The van der Waals surface area contributed by atoms with E-state index >= 15 is 0 Å². The number of thioether (sulfide) groups is 1. The van der Waals surface area contributed by atoms with Crippen LogP contribution in [0.15, 0.2) is 59.1 Å². The summed E-state index contributed by atoms with van der Waals surface area (Å²) in [5, 5.41) is 14.5. The number of thiazole rings is 1. The molecule has 176 valence electrons. The lowest BCUT2D eigenvalue weighted by molar-refractivity contribution is -0.113. The Balaban J connectivity index is 1.32. The van der Waals surface area contributed by atoms with Crippen molar-refractivity contribution >= 4 is 34.1 Å². The minimum atomic E-state index is -0.138. The van der Waals surface area contributed by atoms with Gasteiger partial charge >= 0.3 is 0 Å². The van der Waals surface area contributed by atoms with E-state index in [4.69, 9.17) is 4.74 Å². The SMILES string of the molecule is Cc1ccc(C(C)C)c(OCc2nnc(SCC(=O)Nc3nc(-c4ccccc4)cs3)n2C)c1.